The summed E-state index contributed by atoms with van der Waals surface area (Å²) in [5.41, 5.74) is 9.12. The molecule has 4 rings (SSSR count). The SMILES string of the molecule is C#Cc1cccc(-c2ccc(N3CCOc4ncnc(N)c4C3=O)cc2)c1Cl. The number of terminal acetylenes is 1. The predicted molar refractivity (Wildman–Crippen MR) is 108 cm³/mol. The van der Waals surface area contributed by atoms with Crippen LogP contribution in [0, 0.1) is 12.3 Å². The Morgan fingerprint density at radius 1 is 1.18 bits per heavy atom. The van der Waals surface area contributed by atoms with Gasteiger partial charge in [-0.2, -0.15) is 0 Å². The van der Waals surface area contributed by atoms with Crippen molar-refractivity contribution in [3.05, 3.63) is 64.9 Å². The summed E-state index contributed by atoms with van der Waals surface area (Å²) in [5, 5.41) is 0.524. The Kier molecular flexibility index (Phi) is 4.60. The maximum atomic E-state index is 13.0. The number of halogens is 1. The van der Waals surface area contributed by atoms with Crippen molar-refractivity contribution < 1.29 is 9.53 Å². The molecule has 2 heterocycles. The van der Waals surface area contributed by atoms with Crippen molar-refractivity contribution in [3.8, 4) is 29.4 Å². The number of nitrogens with zero attached hydrogens (tertiary/aromatic N) is 3. The molecule has 1 amide bonds. The Balaban J connectivity index is 1.69. The highest BCUT2D eigenvalue weighted by molar-refractivity contribution is 6.34. The number of hydrogen-bond acceptors (Lipinski definition) is 5. The first-order valence-corrected chi connectivity index (χ1v) is 8.88. The van der Waals surface area contributed by atoms with Crippen molar-refractivity contribution in [2.45, 2.75) is 0 Å². The second-order valence-electron chi connectivity index (χ2n) is 6.10. The molecule has 1 aromatic heterocycles. The summed E-state index contributed by atoms with van der Waals surface area (Å²) in [5.74, 6) is 2.57. The van der Waals surface area contributed by atoms with Gasteiger partial charge in [-0.05, 0) is 23.8 Å². The van der Waals surface area contributed by atoms with E-state index in [0.717, 1.165) is 11.1 Å². The van der Waals surface area contributed by atoms with Crippen LogP contribution in [0.15, 0.2) is 48.8 Å². The standard InChI is InChI=1S/C21H15ClN4O2/c1-2-13-4-3-5-16(18(13)22)14-6-8-15(9-7-14)26-10-11-28-20-17(21(26)27)19(23)24-12-25-20/h1,3-9,12H,10-11H2,(H2,23,24,25). The van der Waals surface area contributed by atoms with Gasteiger partial charge in [-0.3, -0.25) is 4.79 Å². The molecule has 0 saturated heterocycles. The van der Waals surface area contributed by atoms with Crippen molar-refractivity contribution in [1.82, 2.24) is 9.97 Å². The van der Waals surface area contributed by atoms with Crippen LogP contribution in [-0.4, -0.2) is 29.0 Å². The molecule has 0 aliphatic carbocycles. The van der Waals surface area contributed by atoms with E-state index in [0.29, 0.717) is 29.4 Å². The van der Waals surface area contributed by atoms with E-state index in [1.54, 1.807) is 11.0 Å². The van der Waals surface area contributed by atoms with E-state index in [1.165, 1.54) is 6.33 Å². The van der Waals surface area contributed by atoms with Gasteiger partial charge in [-0.15, -0.1) is 6.42 Å². The molecule has 3 aromatic rings. The second-order valence-corrected chi connectivity index (χ2v) is 6.48. The third kappa shape index (κ3) is 3.02. The molecule has 138 valence electrons. The van der Waals surface area contributed by atoms with Crippen LogP contribution in [0.4, 0.5) is 11.5 Å². The van der Waals surface area contributed by atoms with Gasteiger partial charge < -0.3 is 15.4 Å². The Morgan fingerprint density at radius 2 is 1.96 bits per heavy atom. The summed E-state index contributed by atoms with van der Waals surface area (Å²) >= 11 is 6.40. The number of fused-ring (bicyclic) bond motifs is 1. The molecule has 0 radical (unpaired) electrons. The van der Waals surface area contributed by atoms with Crippen molar-refractivity contribution in [3.63, 3.8) is 0 Å². The highest BCUT2D eigenvalue weighted by Crippen LogP contribution is 2.33. The Hall–Kier alpha value is -3.56. The van der Waals surface area contributed by atoms with Gasteiger partial charge in [0.05, 0.1) is 11.6 Å². The molecule has 0 spiro atoms. The van der Waals surface area contributed by atoms with E-state index in [-0.39, 0.29) is 23.2 Å². The summed E-state index contributed by atoms with van der Waals surface area (Å²) in [6.07, 6.45) is 6.77. The van der Waals surface area contributed by atoms with Gasteiger partial charge in [0, 0.05) is 16.8 Å². The molecule has 6 nitrogen and oxygen atoms in total. The summed E-state index contributed by atoms with van der Waals surface area (Å²) in [4.78, 5) is 22.5. The minimum absolute atomic E-state index is 0.0939. The number of hydrogen-bond donors (Lipinski definition) is 1. The zero-order valence-electron chi connectivity index (χ0n) is 14.7. The fourth-order valence-electron chi connectivity index (χ4n) is 3.10. The molecule has 0 bridgehead atoms. The van der Waals surface area contributed by atoms with Crippen molar-refractivity contribution in [2.24, 2.45) is 0 Å². The highest BCUT2D eigenvalue weighted by atomic mass is 35.5. The van der Waals surface area contributed by atoms with Crippen LogP contribution >= 0.6 is 11.6 Å². The van der Waals surface area contributed by atoms with E-state index in [9.17, 15) is 4.79 Å². The maximum Gasteiger partial charge on any atom is 0.267 e. The molecule has 2 N–H and O–H groups in total. The lowest BCUT2D eigenvalue weighted by molar-refractivity contribution is 0.0990. The van der Waals surface area contributed by atoms with Gasteiger partial charge in [-0.25, -0.2) is 9.97 Å². The van der Waals surface area contributed by atoms with E-state index >= 15 is 0 Å². The largest absolute Gasteiger partial charge is 0.475 e. The highest BCUT2D eigenvalue weighted by Gasteiger charge is 2.28. The van der Waals surface area contributed by atoms with Gasteiger partial charge >= 0.3 is 0 Å². The molecule has 0 unspecified atom stereocenters. The van der Waals surface area contributed by atoms with E-state index in [4.69, 9.17) is 28.5 Å². The zero-order valence-corrected chi connectivity index (χ0v) is 15.5. The van der Waals surface area contributed by atoms with Gasteiger partial charge in [0.25, 0.3) is 5.91 Å². The van der Waals surface area contributed by atoms with Gasteiger partial charge in [-0.1, -0.05) is 41.8 Å². The number of carbonyl (C=O) groups is 1. The van der Waals surface area contributed by atoms with Crippen LogP contribution < -0.4 is 15.4 Å². The summed E-state index contributed by atoms with van der Waals surface area (Å²) in [6.45, 7) is 0.661. The normalized spacial score (nSPS) is 13.3. The Morgan fingerprint density at radius 3 is 2.71 bits per heavy atom. The maximum absolute atomic E-state index is 13.0. The number of nitrogen functional groups attached to an aromatic ring is 1. The minimum atomic E-state index is -0.300. The van der Waals surface area contributed by atoms with Crippen LogP contribution in [0.25, 0.3) is 11.1 Å². The number of amides is 1. The number of nitrogens with two attached hydrogens (primary N) is 1. The Labute approximate surface area is 166 Å². The second kappa shape index (κ2) is 7.22. The zero-order chi connectivity index (χ0) is 19.7. The van der Waals surface area contributed by atoms with Crippen LogP contribution in [-0.2, 0) is 0 Å². The first kappa shape index (κ1) is 17.8. The molecule has 0 saturated carbocycles. The molecule has 1 aliphatic rings. The van der Waals surface area contributed by atoms with E-state index in [2.05, 4.69) is 15.9 Å². The molecular formula is C21H15ClN4O2. The number of carbonyl (C=O) groups excluding carboxylic acids is 1. The van der Waals surface area contributed by atoms with Crippen molar-refractivity contribution in [1.29, 1.82) is 0 Å². The monoisotopic (exact) mass is 390 g/mol. The average molecular weight is 391 g/mol. The summed E-state index contributed by atoms with van der Waals surface area (Å²) < 4.78 is 5.56. The lowest BCUT2D eigenvalue weighted by atomic mass is 10.0. The molecule has 1 aliphatic heterocycles. The number of aromatic nitrogens is 2. The fraction of sp³-hybridized carbons (Fsp3) is 0.0952. The lowest BCUT2D eigenvalue weighted by Crippen LogP contribution is -2.32. The summed E-state index contributed by atoms with van der Waals surface area (Å²) in [7, 11) is 0. The minimum Gasteiger partial charge on any atom is -0.475 e. The molecule has 28 heavy (non-hydrogen) atoms. The van der Waals surface area contributed by atoms with Gasteiger partial charge in [0.2, 0.25) is 5.88 Å². The van der Waals surface area contributed by atoms with Gasteiger partial charge in [0.1, 0.15) is 24.3 Å². The topological polar surface area (TPSA) is 81.3 Å². The molecule has 2 aromatic carbocycles. The third-order valence-electron chi connectivity index (χ3n) is 4.50. The molecule has 0 fully saturated rings. The first-order valence-electron chi connectivity index (χ1n) is 8.51. The van der Waals surface area contributed by atoms with Crippen LogP contribution in [0.5, 0.6) is 5.88 Å². The number of rotatable bonds is 2. The lowest BCUT2D eigenvalue weighted by Gasteiger charge is -2.20. The van der Waals surface area contributed by atoms with Gasteiger partial charge in [0.15, 0.2) is 0 Å². The van der Waals surface area contributed by atoms with Crippen LogP contribution in [0.3, 0.4) is 0 Å². The van der Waals surface area contributed by atoms with Crippen molar-refractivity contribution in [2.75, 3.05) is 23.8 Å². The first-order chi connectivity index (χ1) is 13.6. The third-order valence-corrected chi connectivity index (χ3v) is 4.91. The Bertz CT molecular complexity index is 1110. The molecule has 0 atom stereocenters. The summed E-state index contributed by atoms with van der Waals surface area (Å²) in [6, 6.07) is 13.0. The van der Waals surface area contributed by atoms with E-state index < -0.39 is 0 Å². The number of anilines is 2. The van der Waals surface area contributed by atoms with Crippen LogP contribution in [0.1, 0.15) is 15.9 Å². The number of ether oxygens (including phenoxy) is 1. The predicted octanol–water partition coefficient (Wildman–Crippen LogP) is 3.40. The molecular weight excluding hydrogens is 376 g/mol. The van der Waals surface area contributed by atoms with Crippen molar-refractivity contribution >= 4 is 29.0 Å². The fourth-order valence-corrected chi connectivity index (χ4v) is 3.39. The average Bonchev–Trinajstić information content (AvgIpc) is 2.88. The van der Waals surface area contributed by atoms with Crippen LogP contribution in [0.2, 0.25) is 5.02 Å². The number of benzene rings is 2. The molecule has 7 heteroatoms. The van der Waals surface area contributed by atoms with E-state index in [1.807, 2.05) is 36.4 Å². The smallest absolute Gasteiger partial charge is 0.267 e. The quantitative estimate of drug-likeness (QED) is 0.678.